The smallest absolute Gasteiger partial charge is 0.273 e. The molecule has 1 heterocycles. The van der Waals surface area contributed by atoms with E-state index in [1.807, 2.05) is 7.05 Å². The van der Waals surface area contributed by atoms with Gasteiger partial charge in [0.1, 0.15) is 16.5 Å². The zero-order valence-corrected chi connectivity index (χ0v) is 12.2. The fraction of sp³-hybridized carbons (Fsp3) is 0.286. The molecule has 0 aliphatic rings. The molecule has 6 heteroatoms. The maximum atomic E-state index is 12.9. The van der Waals surface area contributed by atoms with Gasteiger partial charge in [0.15, 0.2) is 0 Å². The number of hydrogen-bond acceptors (Lipinski definition) is 4. The lowest BCUT2D eigenvalue weighted by atomic mass is 10.2. The number of halogens is 1. The molecule has 20 heavy (non-hydrogen) atoms. The summed E-state index contributed by atoms with van der Waals surface area (Å²) in [6.45, 7) is 1.36. The molecule has 0 bridgehead atoms. The largest absolute Gasteiger partial charge is 0.339 e. The molecule has 2 aromatic rings. The molecule has 0 unspecified atom stereocenters. The Bertz CT molecular complexity index is 582. The average molecular weight is 293 g/mol. The Balaban J connectivity index is 2.12. The van der Waals surface area contributed by atoms with E-state index in [1.54, 1.807) is 29.5 Å². The van der Waals surface area contributed by atoms with Gasteiger partial charge in [0.2, 0.25) is 0 Å². The minimum atomic E-state index is -0.284. The molecule has 0 radical (unpaired) electrons. The van der Waals surface area contributed by atoms with Gasteiger partial charge >= 0.3 is 0 Å². The van der Waals surface area contributed by atoms with E-state index in [-0.39, 0.29) is 11.7 Å². The van der Waals surface area contributed by atoms with Crippen LogP contribution in [0.3, 0.4) is 0 Å². The van der Waals surface area contributed by atoms with Crippen molar-refractivity contribution < 1.29 is 9.18 Å². The summed E-state index contributed by atoms with van der Waals surface area (Å²) in [6, 6.07) is 6.09. The van der Waals surface area contributed by atoms with E-state index in [0.29, 0.717) is 12.2 Å². The molecule has 0 saturated heterocycles. The molecule has 0 saturated carbocycles. The minimum Gasteiger partial charge on any atom is -0.339 e. The van der Waals surface area contributed by atoms with Crippen LogP contribution in [0.5, 0.6) is 0 Å². The van der Waals surface area contributed by atoms with E-state index >= 15 is 0 Å². The number of likely N-dealkylation sites (N-methyl/N-ethyl adjacent to an activating group) is 2. The van der Waals surface area contributed by atoms with Crippen molar-refractivity contribution in [1.29, 1.82) is 0 Å². The predicted octanol–water partition coefficient (Wildman–Crippen LogP) is 2.24. The van der Waals surface area contributed by atoms with Crippen LogP contribution in [0.2, 0.25) is 0 Å². The van der Waals surface area contributed by atoms with Crippen molar-refractivity contribution >= 4 is 17.2 Å². The molecule has 0 atom stereocenters. The van der Waals surface area contributed by atoms with Crippen molar-refractivity contribution in [1.82, 2.24) is 15.2 Å². The van der Waals surface area contributed by atoms with Crippen LogP contribution in [0.25, 0.3) is 10.6 Å². The molecular weight excluding hydrogens is 277 g/mol. The highest BCUT2D eigenvalue weighted by atomic mass is 32.1. The first kappa shape index (κ1) is 14.6. The lowest BCUT2D eigenvalue weighted by Gasteiger charge is -2.15. The molecular formula is C14H16FN3OS. The molecule has 4 nitrogen and oxygen atoms in total. The number of thiazole rings is 1. The lowest BCUT2D eigenvalue weighted by molar-refractivity contribution is 0.0792. The maximum absolute atomic E-state index is 12.9. The summed E-state index contributed by atoms with van der Waals surface area (Å²) >= 11 is 1.38. The van der Waals surface area contributed by atoms with Crippen LogP contribution in [0.4, 0.5) is 4.39 Å². The van der Waals surface area contributed by atoms with Crippen LogP contribution in [-0.4, -0.2) is 43.0 Å². The Morgan fingerprint density at radius 1 is 1.40 bits per heavy atom. The van der Waals surface area contributed by atoms with Crippen LogP contribution in [-0.2, 0) is 0 Å². The number of carbonyl (C=O) groups is 1. The Morgan fingerprint density at radius 2 is 2.10 bits per heavy atom. The van der Waals surface area contributed by atoms with Crippen molar-refractivity contribution in [3.05, 3.63) is 41.2 Å². The Labute approximate surface area is 121 Å². The van der Waals surface area contributed by atoms with Crippen LogP contribution in [0.15, 0.2) is 29.6 Å². The summed E-state index contributed by atoms with van der Waals surface area (Å²) in [5.41, 5.74) is 1.24. The van der Waals surface area contributed by atoms with E-state index in [1.165, 1.54) is 23.5 Å². The zero-order chi connectivity index (χ0) is 14.5. The first-order valence-corrected chi connectivity index (χ1v) is 7.11. The highest BCUT2D eigenvalue weighted by Gasteiger charge is 2.15. The van der Waals surface area contributed by atoms with Gasteiger partial charge in [0.05, 0.1) is 0 Å². The van der Waals surface area contributed by atoms with Gasteiger partial charge in [-0.05, 0) is 31.3 Å². The summed E-state index contributed by atoms with van der Waals surface area (Å²) in [5, 5.41) is 5.45. The fourth-order valence-corrected chi connectivity index (χ4v) is 2.47. The van der Waals surface area contributed by atoms with Gasteiger partial charge in [-0.25, -0.2) is 9.37 Å². The van der Waals surface area contributed by atoms with Crippen LogP contribution < -0.4 is 5.32 Å². The van der Waals surface area contributed by atoms with Crippen molar-refractivity contribution in [2.24, 2.45) is 0 Å². The van der Waals surface area contributed by atoms with Gasteiger partial charge in [-0.1, -0.05) is 0 Å². The van der Waals surface area contributed by atoms with Crippen molar-refractivity contribution in [2.75, 3.05) is 27.2 Å². The van der Waals surface area contributed by atoms with Gasteiger partial charge in [-0.2, -0.15) is 0 Å². The van der Waals surface area contributed by atoms with E-state index in [2.05, 4.69) is 10.3 Å². The maximum Gasteiger partial charge on any atom is 0.273 e. The first-order chi connectivity index (χ1) is 9.61. The Kier molecular flexibility index (Phi) is 4.81. The number of aromatic nitrogens is 1. The molecule has 2 rings (SSSR count). The lowest BCUT2D eigenvalue weighted by Crippen LogP contribution is -2.32. The first-order valence-electron chi connectivity index (χ1n) is 6.23. The number of amides is 1. The molecule has 0 spiro atoms. The summed E-state index contributed by atoms with van der Waals surface area (Å²) in [6.07, 6.45) is 0. The average Bonchev–Trinajstić information content (AvgIpc) is 2.94. The highest BCUT2D eigenvalue weighted by Crippen LogP contribution is 2.24. The number of benzene rings is 1. The predicted molar refractivity (Wildman–Crippen MR) is 78.4 cm³/mol. The van der Waals surface area contributed by atoms with Gasteiger partial charge in [-0.15, -0.1) is 11.3 Å². The molecule has 1 aromatic carbocycles. The molecule has 0 aliphatic heterocycles. The van der Waals surface area contributed by atoms with Crippen LogP contribution >= 0.6 is 11.3 Å². The second-order valence-electron chi connectivity index (χ2n) is 4.38. The molecule has 0 aliphatic carbocycles. The third-order valence-corrected chi connectivity index (χ3v) is 3.75. The van der Waals surface area contributed by atoms with Crippen LogP contribution in [0.1, 0.15) is 10.5 Å². The molecule has 1 N–H and O–H groups in total. The standard InChI is InChI=1S/C14H16FN3OS/c1-16-7-8-18(2)14(19)12-9-20-13(17-12)10-3-5-11(15)6-4-10/h3-6,9,16H,7-8H2,1-2H3. The Hall–Kier alpha value is -1.79. The third-order valence-electron chi connectivity index (χ3n) is 2.86. The summed E-state index contributed by atoms with van der Waals surface area (Å²) in [5.74, 6) is -0.390. The molecule has 1 aromatic heterocycles. The SMILES string of the molecule is CNCCN(C)C(=O)c1csc(-c2ccc(F)cc2)n1. The molecule has 106 valence electrons. The third kappa shape index (κ3) is 3.40. The fourth-order valence-electron chi connectivity index (χ4n) is 1.67. The highest BCUT2D eigenvalue weighted by molar-refractivity contribution is 7.13. The van der Waals surface area contributed by atoms with E-state index in [0.717, 1.165) is 17.1 Å². The monoisotopic (exact) mass is 293 g/mol. The minimum absolute atomic E-state index is 0.107. The number of nitrogens with zero attached hydrogens (tertiary/aromatic N) is 2. The van der Waals surface area contributed by atoms with E-state index < -0.39 is 0 Å². The summed E-state index contributed by atoms with van der Waals surface area (Å²) < 4.78 is 12.9. The zero-order valence-electron chi connectivity index (χ0n) is 11.4. The molecule has 1 amide bonds. The number of hydrogen-bond donors (Lipinski definition) is 1. The van der Waals surface area contributed by atoms with Crippen LogP contribution in [0, 0.1) is 5.82 Å². The van der Waals surface area contributed by atoms with E-state index in [4.69, 9.17) is 0 Å². The Morgan fingerprint density at radius 3 is 2.75 bits per heavy atom. The van der Waals surface area contributed by atoms with Gasteiger partial charge in [-0.3, -0.25) is 4.79 Å². The van der Waals surface area contributed by atoms with Crippen molar-refractivity contribution in [2.45, 2.75) is 0 Å². The van der Waals surface area contributed by atoms with E-state index in [9.17, 15) is 9.18 Å². The number of rotatable bonds is 5. The topological polar surface area (TPSA) is 45.2 Å². The van der Waals surface area contributed by atoms with Crippen molar-refractivity contribution in [3.63, 3.8) is 0 Å². The summed E-state index contributed by atoms with van der Waals surface area (Å²) in [7, 11) is 3.59. The summed E-state index contributed by atoms with van der Waals surface area (Å²) in [4.78, 5) is 18.1. The second-order valence-corrected chi connectivity index (χ2v) is 5.23. The van der Waals surface area contributed by atoms with Gasteiger partial charge in [0, 0.05) is 31.1 Å². The number of nitrogens with one attached hydrogen (secondary N) is 1. The second kappa shape index (κ2) is 6.58. The van der Waals surface area contributed by atoms with Gasteiger partial charge < -0.3 is 10.2 Å². The normalized spacial score (nSPS) is 10.6. The van der Waals surface area contributed by atoms with Gasteiger partial charge in [0.25, 0.3) is 5.91 Å². The number of carbonyl (C=O) groups excluding carboxylic acids is 1. The quantitative estimate of drug-likeness (QED) is 0.919. The molecule has 0 fully saturated rings. The van der Waals surface area contributed by atoms with Crippen molar-refractivity contribution in [3.8, 4) is 10.6 Å².